The number of aryl methyl sites for hydroxylation is 1. The van der Waals surface area contributed by atoms with Crippen molar-refractivity contribution < 1.29 is 13.9 Å². The van der Waals surface area contributed by atoms with Crippen LogP contribution in [-0.2, 0) is 17.7 Å². The largest absolute Gasteiger partial charge is 0.453 e. The number of imidazole rings is 1. The average molecular weight is 425 g/mol. The molecule has 1 N–H and O–H groups in total. The van der Waals surface area contributed by atoms with Crippen LogP contribution in [0.5, 0.6) is 0 Å². The van der Waals surface area contributed by atoms with E-state index in [2.05, 4.69) is 15.0 Å². The van der Waals surface area contributed by atoms with Gasteiger partial charge in [-0.05, 0) is 48.7 Å². The molecule has 0 aliphatic rings. The lowest BCUT2D eigenvalue weighted by Gasteiger charge is -2.21. The highest BCUT2D eigenvalue weighted by atomic mass is 35.5. The third-order valence-corrected chi connectivity index (χ3v) is 4.62. The molecule has 0 spiro atoms. The summed E-state index contributed by atoms with van der Waals surface area (Å²) in [6, 6.07) is 8.08. The number of nitrogens with one attached hydrogen (secondary N) is 1. The number of methoxy groups -OCH3 is 1. The Morgan fingerprint density at radius 1 is 1.18 bits per heavy atom. The third kappa shape index (κ3) is 5.33. The van der Waals surface area contributed by atoms with Crippen molar-refractivity contribution in [3.63, 3.8) is 0 Å². The van der Waals surface area contributed by atoms with Gasteiger partial charge >= 0.3 is 6.09 Å². The van der Waals surface area contributed by atoms with E-state index in [1.165, 1.54) is 13.2 Å². The van der Waals surface area contributed by atoms with Crippen LogP contribution < -0.4 is 0 Å². The van der Waals surface area contributed by atoms with E-state index in [0.29, 0.717) is 40.7 Å². The Labute approximate surface area is 171 Å². The quantitative estimate of drug-likeness (QED) is 0.428. The zero-order valence-electron chi connectivity index (χ0n) is 15.2. The summed E-state index contributed by atoms with van der Waals surface area (Å²) < 4.78 is 18.0. The highest BCUT2D eigenvalue weighted by Gasteiger charge is 2.15. The molecule has 0 aliphatic carbocycles. The first-order valence-corrected chi connectivity index (χ1v) is 9.49. The van der Waals surface area contributed by atoms with Crippen molar-refractivity contribution in [1.29, 1.82) is 0 Å². The SMILES string of the molecule is COC(=O)N(CCCCc1nc2nc(F)ccc2[nH]1)Cc1cc(Cl)cc(Cl)c1. The predicted octanol–water partition coefficient (Wildman–Crippen LogP) is 5.00. The van der Waals surface area contributed by atoms with E-state index in [4.69, 9.17) is 27.9 Å². The van der Waals surface area contributed by atoms with Crippen LogP contribution in [0.3, 0.4) is 0 Å². The number of nitrogens with zero attached hydrogens (tertiary/aromatic N) is 3. The second-order valence-electron chi connectivity index (χ2n) is 6.32. The lowest BCUT2D eigenvalue weighted by molar-refractivity contribution is 0.120. The van der Waals surface area contributed by atoms with Crippen molar-refractivity contribution >= 4 is 40.5 Å². The number of halogens is 3. The molecule has 148 valence electrons. The van der Waals surface area contributed by atoms with E-state index in [-0.39, 0.29) is 0 Å². The summed E-state index contributed by atoms with van der Waals surface area (Å²) in [7, 11) is 1.35. The fourth-order valence-corrected chi connectivity index (χ4v) is 3.49. The number of H-pyrrole nitrogens is 1. The Bertz CT molecular complexity index is 959. The molecule has 1 amide bonds. The molecule has 28 heavy (non-hydrogen) atoms. The number of fused-ring (bicyclic) bond motifs is 1. The van der Waals surface area contributed by atoms with Crippen LogP contribution in [0.25, 0.3) is 11.2 Å². The van der Waals surface area contributed by atoms with Crippen LogP contribution >= 0.6 is 23.2 Å². The maximum absolute atomic E-state index is 13.1. The van der Waals surface area contributed by atoms with Crippen LogP contribution in [0.1, 0.15) is 24.2 Å². The summed E-state index contributed by atoms with van der Waals surface area (Å²) in [5.41, 5.74) is 1.89. The number of ether oxygens (including phenoxy) is 1. The Morgan fingerprint density at radius 2 is 1.93 bits per heavy atom. The minimum atomic E-state index is -0.555. The van der Waals surface area contributed by atoms with Crippen LogP contribution in [0, 0.1) is 5.95 Å². The Kier molecular flexibility index (Phi) is 6.70. The number of carbonyl (C=O) groups excluding carboxylic acids is 1. The maximum atomic E-state index is 13.1. The van der Waals surface area contributed by atoms with Crippen LogP contribution in [0.2, 0.25) is 10.0 Å². The highest BCUT2D eigenvalue weighted by Crippen LogP contribution is 2.21. The first-order chi connectivity index (χ1) is 13.4. The Morgan fingerprint density at radius 3 is 2.64 bits per heavy atom. The number of benzene rings is 1. The summed E-state index contributed by atoms with van der Waals surface area (Å²) in [5.74, 6) is 0.180. The lowest BCUT2D eigenvalue weighted by atomic mass is 10.2. The van der Waals surface area contributed by atoms with Gasteiger partial charge < -0.3 is 14.6 Å². The molecule has 0 unspecified atom stereocenters. The zero-order valence-corrected chi connectivity index (χ0v) is 16.7. The van der Waals surface area contributed by atoms with E-state index < -0.39 is 12.0 Å². The second kappa shape index (κ2) is 9.21. The summed E-state index contributed by atoms with van der Waals surface area (Å²) in [6.07, 6.45) is 1.77. The number of aromatic amines is 1. The van der Waals surface area contributed by atoms with Gasteiger partial charge in [-0.25, -0.2) is 9.78 Å². The number of amides is 1. The lowest BCUT2D eigenvalue weighted by Crippen LogP contribution is -2.31. The van der Waals surface area contributed by atoms with Crippen LogP contribution in [-0.4, -0.2) is 39.6 Å². The van der Waals surface area contributed by atoms with Crippen molar-refractivity contribution in [1.82, 2.24) is 19.9 Å². The first kappa shape index (κ1) is 20.4. The fraction of sp³-hybridized carbons (Fsp3) is 0.316. The molecule has 0 radical (unpaired) electrons. The van der Waals surface area contributed by atoms with Crippen molar-refractivity contribution in [3.05, 3.63) is 57.7 Å². The summed E-state index contributed by atoms with van der Waals surface area (Å²) in [5, 5.41) is 1.03. The number of hydrogen-bond donors (Lipinski definition) is 1. The van der Waals surface area contributed by atoms with E-state index in [9.17, 15) is 9.18 Å². The number of carbonyl (C=O) groups is 1. The molecule has 3 rings (SSSR count). The van der Waals surface area contributed by atoms with Crippen LogP contribution in [0.4, 0.5) is 9.18 Å². The number of unbranched alkanes of at least 4 members (excludes halogenated alkanes) is 1. The predicted molar refractivity (Wildman–Crippen MR) is 106 cm³/mol. The first-order valence-electron chi connectivity index (χ1n) is 8.73. The normalized spacial score (nSPS) is 11.0. The van der Waals surface area contributed by atoms with Gasteiger partial charge in [0.05, 0.1) is 12.6 Å². The van der Waals surface area contributed by atoms with Gasteiger partial charge in [-0.15, -0.1) is 0 Å². The molecule has 2 heterocycles. The number of aromatic nitrogens is 3. The molecule has 0 saturated heterocycles. The van der Waals surface area contributed by atoms with Crippen LogP contribution in [0.15, 0.2) is 30.3 Å². The molecule has 6 nitrogen and oxygen atoms in total. The molecular weight excluding hydrogens is 406 g/mol. The van der Waals surface area contributed by atoms with Gasteiger partial charge in [-0.2, -0.15) is 9.37 Å². The van der Waals surface area contributed by atoms with Gasteiger partial charge in [0.15, 0.2) is 5.65 Å². The smallest absolute Gasteiger partial charge is 0.409 e. The third-order valence-electron chi connectivity index (χ3n) is 4.18. The van der Waals surface area contributed by atoms with E-state index in [1.54, 1.807) is 29.2 Å². The maximum Gasteiger partial charge on any atom is 0.409 e. The highest BCUT2D eigenvalue weighted by molar-refractivity contribution is 6.34. The minimum Gasteiger partial charge on any atom is -0.453 e. The van der Waals surface area contributed by atoms with Gasteiger partial charge in [0, 0.05) is 29.6 Å². The van der Waals surface area contributed by atoms with Gasteiger partial charge in [0.25, 0.3) is 0 Å². The molecule has 0 saturated carbocycles. The molecule has 0 bridgehead atoms. The monoisotopic (exact) mass is 424 g/mol. The van der Waals surface area contributed by atoms with Gasteiger partial charge in [-0.1, -0.05) is 23.2 Å². The van der Waals surface area contributed by atoms with E-state index in [1.807, 2.05) is 0 Å². The van der Waals surface area contributed by atoms with Crippen molar-refractivity contribution in [2.75, 3.05) is 13.7 Å². The molecule has 3 aromatic rings. The molecular formula is C19H19Cl2FN4O2. The average Bonchev–Trinajstić information content (AvgIpc) is 3.04. The van der Waals surface area contributed by atoms with Crippen molar-refractivity contribution in [3.8, 4) is 0 Å². The van der Waals surface area contributed by atoms with Crippen molar-refractivity contribution in [2.45, 2.75) is 25.8 Å². The molecule has 0 fully saturated rings. The fourth-order valence-electron chi connectivity index (χ4n) is 2.92. The molecule has 2 aromatic heterocycles. The molecule has 0 atom stereocenters. The summed E-state index contributed by atoms with van der Waals surface area (Å²) in [6.45, 7) is 0.852. The van der Waals surface area contributed by atoms with E-state index >= 15 is 0 Å². The zero-order chi connectivity index (χ0) is 20.1. The number of rotatable bonds is 7. The summed E-state index contributed by atoms with van der Waals surface area (Å²) >= 11 is 12.1. The number of pyridine rings is 1. The van der Waals surface area contributed by atoms with Gasteiger partial charge in [0.2, 0.25) is 5.95 Å². The van der Waals surface area contributed by atoms with Gasteiger partial charge in [-0.3, -0.25) is 0 Å². The van der Waals surface area contributed by atoms with Gasteiger partial charge in [0.1, 0.15) is 5.82 Å². The minimum absolute atomic E-state index is 0.348. The standard InChI is InChI=1S/C19H19Cl2FN4O2/c1-28-19(27)26(11-12-8-13(20)10-14(21)9-12)7-3-2-4-17-23-15-5-6-16(22)24-18(15)25-17/h5-6,8-10H,2-4,7,11H2,1H3,(H,23,24,25). The topological polar surface area (TPSA) is 71.1 Å². The molecule has 0 aliphatic heterocycles. The summed E-state index contributed by atoms with van der Waals surface area (Å²) in [4.78, 5) is 24.8. The molecule has 9 heteroatoms. The Hall–Kier alpha value is -2.38. The second-order valence-corrected chi connectivity index (χ2v) is 7.19. The Balaban J connectivity index is 1.56. The number of hydrogen-bond acceptors (Lipinski definition) is 4. The van der Waals surface area contributed by atoms with E-state index in [0.717, 1.165) is 24.2 Å². The molecule has 1 aromatic carbocycles. The van der Waals surface area contributed by atoms with Crippen molar-refractivity contribution in [2.24, 2.45) is 0 Å².